The number of rotatable bonds is 6. The van der Waals surface area contributed by atoms with Crippen molar-refractivity contribution >= 4 is 11.9 Å². The highest BCUT2D eigenvalue weighted by molar-refractivity contribution is 5.59. The van der Waals surface area contributed by atoms with E-state index in [1.54, 1.807) is 6.20 Å². The number of nitrogens with one attached hydrogen (secondary N) is 1. The fourth-order valence-electron chi connectivity index (χ4n) is 2.47. The molecule has 0 amide bonds. The molecular formula is C20H24N6. The molecule has 134 valence electrons. The average molecular weight is 348 g/mol. The van der Waals surface area contributed by atoms with Gasteiger partial charge in [-0.15, -0.1) is 0 Å². The van der Waals surface area contributed by atoms with Crippen LogP contribution in [0, 0.1) is 0 Å². The van der Waals surface area contributed by atoms with Gasteiger partial charge in [0.05, 0.1) is 5.69 Å². The summed E-state index contributed by atoms with van der Waals surface area (Å²) in [6.07, 6.45) is 1.81. The molecule has 0 unspecified atom stereocenters. The second-order valence-electron chi connectivity index (χ2n) is 6.64. The van der Waals surface area contributed by atoms with Gasteiger partial charge >= 0.3 is 0 Å². The average Bonchev–Trinajstić information content (AvgIpc) is 2.67. The third-order valence-electron chi connectivity index (χ3n) is 3.90. The molecule has 0 atom stereocenters. The van der Waals surface area contributed by atoms with Gasteiger partial charge in [0.1, 0.15) is 5.82 Å². The lowest BCUT2D eigenvalue weighted by atomic mass is 10.1. The Labute approximate surface area is 154 Å². The van der Waals surface area contributed by atoms with Gasteiger partial charge in [-0.05, 0) is 23.8 Å². The minimum atomic E-state index is 0.240. The van der Waals surface area contributed by atoms with E-state index in [0.717, 1.165) is 22.6 Å². The molecule has 0 aliphatic heterocycles. The van der Waals surface area contributed by atoms with Crippen LogP contribution in [-0.4, -0.2) is 34.0 Å². The second-order valence-corrected chi connectivity index (χ2v) is 6.64. The van der Waals surface area contributed by atoms with Crippen LogP contribution in [0.4, 0.5) is 11.9 Å². The maximum atomic E-state index is 4.54. The Kier molecular flexibility index (Phi) is 5.41. The predicted octanol–water partition coefficient (Wildman–Crippen LogP) is 3.74. The van der Waals surface area contributed by atoms with E-state index in [0.29, 0.717) is 18.4 Å². The molecule has 0 saturated carbocycles. The lowest BCUT2D eigenvalue weighted by Crippen LogP contribution is -2.17. The summed E-state index contributed by atoms with van der Waals surface area (Å²) in [7, 11) is 3.86. The summed E-state index contributed by atoms with van der Waals surface area (Å²) in [6.45, 7) is 4.79. The van der Waals surface area contributed by atoms with Gasteiger partial charge in [-0.2, -0.15) is 15.0 Å². The van der Waals surface area contributed by atoms with Gasteiger partial charge in [-0.3, -0.25) is 4.98 Å². The smallest absolute Gasteiger partial charge is 0.229 e. The molecule has 2 heterocycles. The van der Waals surface area contributed by atoms with Crippen molar-refractivity contribution in [2.75, 3.05) is 24.3 Å². The van der Waals surface area contributed by atoms with Gasteiger partial charge < -0.3 is 10.2 Å². The molecule has 2 aromatic heterocycles. The van der Waals surface area contributed by atoms with E-state index in [-0.39, 0.29) is 5.92 Å². The number of pyridine rings is 1. The normalized spacial score (nSPS) is 10.8. The summed E-state index contributed by atoms with van der Waals surface area (Å²) in [5, 5.41) is 3.32. The van der Waals surface area contributed by atoms with E-state index >= 15 is 0 Å². The van der Waals surface area contributed by atoms with Crippen molar-refractivity contribution < 1.29 is 0 Å². The fraction of sp³-hybridized carbons (Fsp3) is 0.300. The maximum Gasteiger partial charge on any atom is 0.229 e. The molecule has 3 rings (SSSR count). The van der Waals surface area contributed by atoms with Crippen molar-refractivity contribution in [2.45, 2.75) is 26.3 Å². The van der Waals surface area contributed by atoms with Gasteiger partial charge in [-0.1, -0.05) is 38.1 Å². The van der Waals surface area contributed by atoms with Crippen molar-refractivity contribution in [3.8, 4) is 11.3 Å². The van der Waals surface area contributed by atoms with E-state index in [9.17, 15) is 0 Å². The zero-order chi connectivity index (χ0) is 18.5. The summed E-state index contributed by atoms with van der Waals surface area (Å²) in [6, 6.07) is 14.2. The molecule has 0 bridgehead atoms. The summed E-state index contributed by atoms with van der Waals surface area (Å²) in [5.74, 6) is 2.28. The molecule has 26 heavy (non-hydrogen) atoms. The van der Waals surface area contributed by atoms with Gasteiger partial charge in [0.25, 0.3) is 0 Å². The summed E-state index contributed by atoms with van der Waals surface area (Å²) in [5.41, 5.74) is 3.20. The van der Waals surface area contributed by atoms with E-state index in [1.165, 1.54) is 0 Å². The summed E-state index contributed by atoms with van der Waals surface area (Å²) in [4.78, 5) is 19.8. The number of hydrogen-bond donors (Lipinski definition) is 1. The minimum Gasteiger partial charge on any atom is -0.350 e. The van der Waals surface area contributed by atoms with Crippen LogP contribution < -0.4 is 10.2 Å². The number of benzene rings is 1. The first-order valence-electron chi connectivity index (χ1n) is 8.70. The molecule has 1 N–H and O–H groups in total. The number of nitrogens with zero attached hydrogens (tertiary/aromatic N) is 5. The van der Waals surface area contributed by atoms with E-state index in [4.69, 9.17) is 0 Å². The lowest BCUT2D eigenvalue weighted by molar-refractivity contribution is 0.754. The molecule has 0 spiro atoms. The monoisotopic (exact) mass is 348 g/mol. The first-order valence-corrected chi connectivity index (χ1v) is 8.70. The third kappa shape index (κ3) is 4.33. The van der Waals surface area contributed by atoms with E-state index < -0.39 is 0 Å². The first kappa shape index (κ1) is 17.8. The largest absolute Gasteiger partial charge is 0.350 e. The molecule has 0 saturated heterocycles. The highest BCUT2D eigenvalue weighted by Gasteiger charge is 2.11. The Hall–Kier alpha value is -3.02. The third-order valence-corrected chi connectivity index (χ3v) is 3.90. The van der Waals surface area contributed by atoms with Gasteiger partial charge in [0.15, 0.2) is 0 Å². The Bertz CT molecular complexity index is 835. The lowest BCUT2D eigenvalue weighted by Gasteiger charge is -2.15. The van der Waals surface area contributed by atoms with Crippen molar-refractivity contribution in [1.29, 1.82) is 0 Å². The quantitative estimate of drug-likeness (QED) is 0.732. The van der Waals surface area contributed by atoms with Crippen molar-refractivity contribution in [3.05, 3.63) is 60.0 Å². The van der Waals surface area contributed by atoms with Crippen LogP contribution in [-0.2, 0) is 6.54 Å². The Balaban J connectivity index is 1.79. The summed E-state index contributed by atoms with van der Waals surface area (Å²) >= 11 is 0. The number of anilines is 2. The second kappa shape index (κ2) is 7.91. The minimum absolute atomic E-state index is 0.240. The topological polar surface area (TPSA) is 66.8 Å². The molecule has 0 radical (unpaired) electrons. The molecule has 3 aromatic rings. The molecule has 6 nitrogen and oxygen atoms in total. The highest BCUT2D eigenvalue weighted by Crippen LogP contribution is 2.19. The fourth-order valence-corrected chi connectivity index (χ4v) is 2.47. The zero-order valence-electron chi connectivity index (χ0n) is 15.6. The number of aromatic nitrogens is 4. The van der Waals surface area contributed by atoms with Crippen LogP contribution in [0.15, 0.2) is 48.7 Å². The van der Waals surface area contributed by atoms with Gasteiger partial charge in [0.2, 0.25) is 11.9 Å². The molecule has 6 heteroatoms. The first-order chi connectivity index (χ1) is 12.5. The van der Waals surface area contributed by atoms with Crippen LogP contribution in [0.3, 0.4) is 0 Å². The van der Waals surface area contributed by atoms with E-state index in [2.05, 4.69) is 57.3 Å². The van der Waals surface area contributed by atoms with Crippen LogP contribution in [0.1, 0.15) is 31.2 Å². The van der Waals surface area contributed by atoms with Crippen LogP contribution in [0.2, 0.25) is 0 Å². The molecule has 0 fully saturated rings. The molecule has 1 aromatic carbocycles. The predicted molar refractivity (Wildman–Crippen MR) is 105 cm³/mol. The van der Waals surface area contributed by atoms with E-state index in [1.807, 2.05) is 43.3 Å². The maximum absolute atomic E-state index is 4.54. The Morgan fingerprint density at radius 2 is 1.85 bits per heavy atom. The number of hydrogen-bond acceptors (Lipinski definition) is 6. The van der Waals surface area contributed by atoms with Crippen molar-refractivity contribution in [2.24, 2.45) is 0 Å². The molecule has 0 aliphatic rings. The standard InChI is InChI=1S/C20H24N6/c1-14(2)18-23-19(25-20(24-18)26(3)4)22-13-15-8-7-9-16(12-15)17-10-5-6-11-21-17/h5-12,14H,13H2,1-4H3,(H,22,23,24,25). The molecular weight excluding hydrogens is 324 g/mol. The Morgan fingerprint density at radius 3 is 2.54 bits per heavy atom. The van der Waals surface area contributed by atoms with Crippen molar-refractivity contribution in [1.82, 2.24) is 19.9 Å². The zero-order valence-corrected chi connectivity index (χ0v) is 15.6. The van der Waals surface area contributed by atoms with Gasteiger partial charge in [-0.25, -0.2) is 0 Å². The van der Waals surface area contributed by atoms with Crippen LogP contribution in [0.25, 0.3) is 11.3 Å². The summed E-state index contributed by atoms with van der Waals surface area (Å²) < 4.78 is 0. The van der Waals surface area contributed by atoms with Crippen LogP contribution >= 0.6 is 0 Å². The Morgan fingerprint density at radius 1 is 1.00 bits per heavy atom. The van der Waals surface area contributed by atoms with Gasteiger partial charge in [0, 0.05) is 38.3 Å². The SMILES string of the molecule is CC(C)c1nc(NCc2cccc(-c3ccccn3)c2)nc(N(C)C)n1. The highest BCUT2D eigenvalue weighted by atomic mass is 15.3. The molecule has 0 aliphatic carbocycles. The van der Waals surface area contributed by atoms with Crippen molar-refractivity contribution in [3.63, 3.8) is 0 Å². The van der Waals surface area contributed by atoms with Crippen LogP contribution in [0.5, 0.6) is 0 Å².